The van der Waals surface area contributed by atoms with Gasteiger partial charge in [-0.3, -0.25) is 0 Å². The SMILES string of the molecule is COc1ccc(Nc2ccn3ncc(-c4ccc(C)c(C)c4)c3n2)cn1. The van der Waals surface area contributed by atoms with Crippen LogP contribution < -0.4 is 10.1 Å². The van der Waals surface area contributed by atoms with Crippen molar-refractivity contribution in [2.24, 2.45) is 0 Å². The molecular formula is C20H19N5O. The Balaban J connectivity index is 1.70. The number of aromatic nitrogens is 4. The van der Waals surface area contributed by atoms with Crippen molar-refractivity contribution < 1.29 is 4.74 Å². The second kappa shape index (κ2) is 6.48. The highest BCUT2D eigenvalue weighted by molar-refractivity contribution is 5.78. The molecule has 6 heteroatoms. The number of benzene rings is 1. The third-order valence-electron chi connectivity index (χ3n) is 4.40. The fraction of sp³-hybridized carbons (Fsp3) is 0.150. The number of methoxy groups -OCH3 is 1. The summed E-state index contributed by atoms with van der Waals surface area (Å²) >= 11 is 0. The lowest BCUT2D eigenvalue weighted by atomic mass is 10.0. The molecule has 1 N–H and O–H groups in total. The van der Waals surface area contributed by atoms with Crippen LogP contribution in [0.5, 0.6) is 5.88 Å². The van der Waals surface area contributed by atoms with Crippen molar-refractivity contribution in [2.75, 3.05) is 12.4 Å². The maximum atomic E-state index is 5.08. The summed E-state index contributed by atoms with van der Waals surface area (Å²) in [5.74, 6) is 1.31. The predicted octanol–water partition coefficient (Wildman–Crippen LogP) is 4.16. The average molecular weight is 345 g/mol. The Bertz CT molecular complexity index is 1070. The molecule has 0 aliphatic heterocycles. The summed E-state index contributed by atoms with van der Waals surface area (Å²) < 4.78 is 6.86. The molecule has 4 aromatic rings. The van der Waals surface area contributed by atoms with Gasteiger partial charge in [0, 0.05) is 17.8 Å². The molecule has 3 heterocycles. The quantitative estimate of drug-likeness (QED) is 0.602. The first-order valence-corrected chi connectivity index (χ1v) is 8.33. The zero-order valence-electron chi connectivity index (χ0n) is 14.9. The van der Waals surface area contributed by atoms with Gasteiger partial charge < -0.3 is 10.1 Å². The third kappa shape index (κ3) is 2.97. The van der Waals surface area contributed by atoms with Crippen molar-refractivity contribution in [1.82, 2.24) is 19.6 Å². The van der Waals surface area contributed by atoms with E-state index in [2.05, 4.69) is 47.4 Å². The van der Waals surface area contributed by atoms with Gasteiger partial charge in [0.05, 0.1) is 25.2 Å². The molecule has 6 nitrogen and oxygen atoms in total. The Labute approximate surface area is 151 Å². The van der Waals surface area contributed by atoms with E-state index in [0.29, 0.717) is 5.88 Å². The smallest absolute Gasteiger partial charge is 0.213 e. The number of anilines is 2. The highest BCUT2D eigenvalue weighted by Gasteiger charge is 2.10. The lowest BCUT2D eigenvalue weighted by Gasteiger charge is -2.07. The summed E-state index contributed by atoms with van der Waals surface area (Å²) in [6.07, 6.45) is 5.46. The fourth-order valence-corrected chi connectivity index (χ4v) is 2.77. The van der Waals surface area contributed by atoms with Gasteiger partial charge >= 0.3 is 0 Å². The minimum Gasteiger partial charge on any atom is -0.481 e. The van der Waals surface area contributed by atoms with Crippen molar-refractivity contribution in [3.05, 3.63) is 66.1 Å². The minimum absolute atomic E-state index is 0.576. The summed E-state index contributed by atoms with van der Waals surface area (Å²) in [6.45, 7) is 4.22. The van der Waals surface area contributed by atoms with Crippen LogP contribution in [-0.2, 0) is 0 Å². The van der Waals surface area contributed by atoms with Crippen molar-refractivity contribution in [3.63, 3.8) is 0 Å². The van der Waals surface area contributed by atoms with Gasteiger partial charge in [0.15, 0.2) is 5.65 Å². The van der Waals surface area contributed by atoms with E-state index in [0.717, 1.165) is 28.3 Å². The van der Waals surface area contributed by atoms with Crippen LogP contribution in [0.15, 0.2) is 55.0 Å². The zero-order chi connectivity index (χ0) is 18.1. The third-order valence-corrected chi connectivity index (χ3v) is 4.40. The van der Waals surface area contributed by atoms with E-state index in [1.54, 1.807) is 23.9 Å². The molecule has 0 fully saturated rings. The summed E-state index contributed by atoms with van der Waals surface area (Å²) in [7, 11) is 1.60. The normalized spacial score (nSPS) is 10.9. The van der Waals surface area contributed by atoms with Crippen LogP contribution in [0.25, 0.3) is 16.8 Å². The second-order valence-electron chi connectivity index (χ2n) is 6.15. The van der Waals surface area contributed by atoms with Gasteiger partial charge in [-0.05, 0) is 42.7 Å². The lowest BCUT2D eigenvalue weighted by Crippen LogP contribution is -1.98. The van der Waals surface area contributed by atoms with Gasteiger partial charge in [-0.15, -0.1) is 0 Å². The molecule has 0 saturated carbocycles. The minimum atomic E-state index is 0.576. The summed E-state index contributed by atoms with van der Waals surface area (Å²) in [4.78, 5) is 8.93. The van der Waals surface area contributed by atoms with Crippen LogP contribution in [-0.4, -0.2) is 26.7 Å². The Morgan fingerprint density at radius 1 is 1.00 bits per heavy atom. The maximum Gasteiger partial charge on any atom is 0.213 e. The van der Waals surface area contributed by atoms with Gasteiger partial charge in [-0.1, -0.05) is 18.2 Å². The molecule has 0 radical (unpaired) electrons. The van der Waals surface area contributed by atoms with Crippen molar-refractivity contribution in [2.45, 2.75) is 13.8 Å². The maximum absolute atomic E-state index is 5.08. The molecule has 0 aliphatic rings. The number of nitrogens with one attached hydrogen (secondary N) is 1. The van der Waals surface area contributed by atoms with E-state index < -0.39 is 0 Å². The first-order valence-electron chi connectivity index (χ1n) is 8.33. The largest absolute Gasteiger partial charge is 0.481 e. The number of rotatable bonds is 4. The van der Waals surface area contributed by atoms with Crippen LogP contribution in [0.4, 0.5) is 11.5 Å². The van der Waals surface area contributed by atoms with Crippen LogP contribution in [0.2, 0.25) is 0 Å². The number of pyridine rings is 1. The molecule has 0 saturated heterocycles. The van der Waals surface area contributed by atoms with Gasteiger partial charge in [-0.25, -0.2) is 14.5 Å². The van der Waals surface area contributed by atoms with E-state index in [1.807, 2.05) is 24.5 Å². The molecule has 0 spiro atoms. The second-order valence-corrected chi connectivity index (χ2v) is 6.15. The van der Waals surface area contributed by atoms with E-state index in [4.69, 9.17) is 9.72 Å². The van der Waals surface area contributed by atoms with Gasteiger partial charge in [-0.2, -0.15) is 5.10 Å². The topological polar surface area (TPSA) is 64.3 Å². The molecule has 0 amide bonds. The molecule has 0 aliphatic carbocycles. The predicted molar refractivity (Wildman–Crippen MR) is 102 cm³/mol. The first kappa shape index (κ1) is 16.1. The van der Waals surface area contributed by atoms with E-state index in [1.165, 1.54) is 11.1 Å². The van der Waals surface area contributed by atoms with Crippen LogP contribution in [0, 0.1) is 13.8 Å². The molecule has 0 bridgehead atoms. The van der Waals surface area contributed by atoms with Crippen molar-refractivity contribution in [1.29, 1.82) is 0 Å². The summed E-state index contributed by atoms with van der Waals surface area (Å²) in [5, 5.41) is 7.68. The summed E-state index contributed by atoms with van der Waals surface area (Å²) in [6, 6.07) is 12.0. The number of nitrogens with zero attached hydrogens (tertiary/aromatic N) is 4. The molecule has 0 unspecified atom stereocenters. The number of ether oxygens (including phenoxy) is 1. The van der Waals surface area contributed by atoms with E-state index in [9.17, 15) is 0 Å². The Kier molecular flexibility index (Phi) is 4.01. The lowest BCUT2D eigenvalue weighted by molar-refractivity contribution is 0.398. The van der Waals surface area contributed by atoms with Crippen LogP contribution >= 0.6 is 0 Å². The Hall–Kier alpha value is -3.41. The van der Waals surface area contributed by atoms with E-state index in [-0.39, 0.29) is 0 Å². The number of hydrogen-bond acceptors (Lipinski definition) is 5. The standard InChI is InChI=1S/C20H19N5O/c1-13-4-5-15(10-14(13)2)17-12-22-25-9-8-18(24-20(17)25)23-16-6-7-19(26-3)21-11-16/h4-12H,1-3H3,(H,23,24). The van der Waals surface area contributed by atoms with Crippen LogP contribution in [0.3, 0.4) is 0 Å². The fourth-order valence-electron chi connectivity index (χ4n) is 2.77. The molecule has 3 aromatic heterocycles. The average Bonchev–Trinajstić information content (AvgIpc) is 3.08. The first-order chi connectivity index (χ1) is 12.6. The van der Waals surface area contributed by atoms with E-state index >= 15 is 0 Å². The zero-order valence-corrected chi connectivity index (χ0v) is 14.9. The highest BCUT2D eigenvalue weighted by atomic mass is 16.5. The van der Waals surface area contributed by atoms with Crippen molar-refractivity contribution >= 4 is 17.2 Å². The van der Waals surface area contributed by atoms with Crippen molar-refractivity contribution in [3.8, 4) is 17.0 Å². The molecule has 130 valence electrons. The summed E-state index contributed by atoms with van der Waals surface area (Å²) in [5.41, 5.74) is 6.28. The Morgan fingerprint density at radius 2 is 1.88 bits per heavy atom. The number of fused-ring (bicyclic) bond motifs is 1. The van der Waals surface area contributed by atoms with Gasteiger partial charge in [0.2, 0.25) is 5.88 Å². The molecule has 0 atom stereocenters. The molecule has 1 aromatic carbocycles. The van der Waals surface area contributed by atoms with Gasteiger partial charge in [0.25, 0.3) is 0 Å². The molecular weight excluding hydrogens is 326 g/mol. The molecule has 26 heavy (non-hydrogen) atoms. The van der Waals surface area contributed by atoms with Crippen LogP contribution in [0.1, 0.15) is 11.1 Å². The Morgan fingerprint density at radius 3 is 2.62 bits per heavy atom. The highest BCUT2D eigenvalue weighted by Crippen LogP contribution is 2.26. The monoisotopic (exact) mass is 345 g/mol. The number of aryl methyl sites for hydroxylation is 2. The number of hydrogen-bond donors (Lipinski definition) is 1. The van der Waals surface area contributed by atoms with Gasteiger partial charge in [0.1, 0.15) is 5.82 Å². The molecule has 4 rings (SSSR count).